The molecular weight excluding hydrogens is 436 g/mol. The van der Waals surface area contributed by atoms with E-state index in [0.29, 0.717) is 47.3 Å². The number of likely N-dealkylation sites (tertiary alicyclic amines) is 1. The molecule has 1 fully saturated rings. The van der Waals surface area contributed by atoms with Crippen LogP contribution in [0.5, 0.6) is 5.75 Å². The Balaban J connectivity index is 1.37. The van der Waals surface area contributed by atoms with Crippen molar-refractivity contribution in [1.29, 1.82) is 0 Å². The molecule has 2 heterocycles. The van der Waals surface area contributed by atoms with E-state index in [1.165, 1.54) is 18.2 Å². The van der Waals surface area contributed by atoms with Gasteiger partial charge in [0.05, 0.1) is 24.7 Å². The van der Waals surface area contributed by atoms with Gasteiger partial charge in [-0.15, -0.1) is 0 Å². The number of carbonyl (C=O) groups is 4. The van der Waals surface area contributed by atoms with Crippen molar-refractivity contribution in [2.45, 2.75) is 18.9 Å². The van der Waals surface area contributed by atoms with Crippen LogP contribution < -0.4 is 15.4 Å². The quantitative estimate of drug-likeness (QED) is 0.522. The molecule has 4 rings (SSSR count). The number of amides is 3. The summed E-state index contributed by atoms with van der Waals surface area (Å²) >= 11 is 0. The number of hydrogen-bond acceptors (Lipinski definition) is 6. The zero-order valence-electron chi connectivity index (χ0n) is 18.6. The van der Waals surface area contributed by atoms with Crippen molar-refractivity contribution < 1.29 is 23.9 Å². The van der Waals surface area contributed by atoms with Crippen LogP contribution in [-0.2, 0) is 14.4 Å². The van der Waals surface area contributed by atoms with Crippen LogP contribution in [0.4, 0.5) is 5.69 Å². The first kappa shape index (κ1) is 22.9. The van der Waals surface area contributed by atoms with Crippen molar-refractivity contribution in [3.63, 3.8) is 0 Å². The molecule has 34 heavy (non-hydrogen) atoms. The standard InChI is InChI=1S/C25H24N4O5/c1-34-17-10-8-16(9-11-17)28-25(33)23(31)21-7-4-14-29(21)22(30)15-27-24(32)19-12-13-26-20-6-3-2-5-18(19)20/h2-3,5-6,8-13,21H,4,7,14-15H2,1H3,(H,27,32)(H,28,33). The molecule has 1 aliphatic rings. The summed E-state index contributed by atoms with van der Waals surface area (Å²) in [5, 5.41) is 5.87. The maximum Gasteiger partial charge on any atom is 0.293 e. The zero-order valence-corrected chi connectivity index (χ0v) is 18.6. The van der Waals surface area contributed by atoms with E-state index in [2.05, 4.69) is 15.6 Å². The molecule has 3 amide bonds. The van der Waals surface area contributed by atoms with Gasteiger partial charge in [-0.05, 0) is 49.2 Å². The third-order valence-corrected chi connectivity index (χ3v) is 5.74. The summed E-state index contributed by atoms with van der Waals surface area (Å²) in [5.41, 5.74) is 1.53. The Morgan fingerprint density at radius 1 is 1.06 bits per heavy atom. The minimum atomic E-state index is -0.857. The molecule has 1 saturated heterocycles. The normalized spacial score (nSPS) is 15.1. The van der Waals surface area contributed by atoms with Crippen LogP contribution in [0, 0.1) is 0 Å². The molecule has 2 N–H and O–H groups in total. The molecule has 0 spiro atoms. The van der Waals surface area contributed by atoms with E-state index in [9.17, 15) is 19.2 Å². The fourth-order valence-corrected chi connectivity index (χ4v) is 4.00. The molecule has 3 aromatic rings. The molecule has 1 unspecified atom stereocenters. The highest BCUT2D eigenvalue weighted by Gasteiger charge is 2.37. The highest BCUT2D eigenvalue weighted by molar-refractivity contribution is 6.42. The number of ether oxygens (including phenoxy) is 1. The molecule has 1 aromatic heterocycles. The molecule has 9 nitrogen and oxygen atoms in total. The Morgan fingerprint density at radius 2 is 1.82 bits per heavy atom. The van der Waals surface area contributed by atoms with Crippen LogP contribution in [0.25, 0.3) is 10.9 Å². The number of aromatic nitrogens is 1. The SMILES string of the molecule is COc1ccc(NC(=O)C(=O)C2CCCN2C(=O)CNC(=O)c2ccnc3ccccc23)cc1. The lowest BCUT2D eigenvalue weighted by Gasteiger charge is -2.23. The van der Waals surface area contributed by atoms with E-state index in [1.807, 2.05) is 12.1 Å². The number of ketones is 1. The van der Waals surface area contributed by atoms with Crippen molar-refractivity contribution in [1.82, 2.24) is 15.2 Å². The topological polar surface area (TPSA) is 118 Å². The third-order valence-electron chi connectivity index (χ3n) is 5.74. The Labute approximate surface area is 196 Å². The van der Waals surface area contributed by atoms with Gasteiger partial charge in [0, 0.05) is 23.8 Å². The van der Waals surface area contributed by atoms with Gasteiger partial charge in [-0.2, -0.15) is 0 Å². The number of nitrogens with zero attached hydrogens (tertiary/aromatic N) is 2. The molecule has 174 valence electrons. The fourth-order valence-electron chi connectivity index (χ4n) is 4.00. The van der Waals surface area contributed by atoms with E-state index < -0.39 is 29.5 Å². The average molecular weight is 460 g/mol. The van der Waals surface area contributed by atoms with Crippen molar-refractivity contribution in [3.8, 4) is 5.75 Å². The maximum absolute atomic E-state index is 12.8. The van der Waals surface area contributed by atoms with Gasteiger partial charge in [0.2, 0.25) is 11.7 Å². The lowest BCUT2D eigenvalue weighted by molar-refractivity contribution is -0.141. The Hall–Kier alpha value is -4.27. The summed E-state index contributed by atoms with van der Waals surface area (Å²) in [5.74, 6) is -1.68. The summed E-state index contributed by atoms with van der Waals surface area (Å²) in [4.78, 5) is 56.4. The van der Waals surface area contributed by atoms with E-state index in [4.69, 9.17) is 4.74 Å². The number of Topliss-reactive ketones (excluding diaryl/α,β-unsaturated/α-hetero) is 1. The van der Waals surface area contributed by atoms with Gasteiger partial charge in [0.25, 0.3) is 11.8 Å². The number of benzene rings is 2. The first-order valence-corrected chi connectivity index (χ1v) is 10.9. The number of pyridine rings is 1. The second-order valence-electron chi connectivity index (χ2n) is 7.85. The summed E-state index contributed by atoms with van der Waals surface area (Å²) < 4.78 is 5.08. The molecular formula is C25H24N4O5. The van der Waals surface area contributed by atoms with Gasteiger partial charge in [-0.3, -0.25) is 24.2 Å². The van der Waals surface area contributed by atoms with Crippen LogP contribution >= 0.6 is 0 Å². The van der Waals surface area contributed by atoms with Gasteiger partial charge in [0.15, 0.2) is 0 Å². The highest BCUT2D eigenvalue weighted by atomic mass is 16.5. The predicted molar refractivity (Wildman–Crippen MR) is 125 cm³/mol. The second-order valence-corrected chi connectivity index (χ2v) is 7.85. The average Bonchev–Trinajstić information content (AvgIpc) is 3.36. The van der Waals surface area contributed by atoms with Crippen molar-refractivity contribution in [3.05, 3.63) is 66.4 Å². The predicted octanol–water partition coefficient (Wildman–Crippen LogP) is 2.17. The summed E-state index contributed by atoms with van der Waals surface area (Å²) in [6, 6.07) is 14.5. The number of methoxy groups -OCH3 is 1. The molecule has 0 saturated carbocycles. The van der Waals surface area contributed by atoms with Crippen LogP contribution in [0.15, 0.2) is 60.8 Å². The number of rotatable bonds is 7. The smallest absolute Gasteiger partial charge is 0.293 e. The Bertz CT molecular complexity index is 1240. The number of nitrogens with one attached hydrogen (secondary N) is 2. The molecule has 0 aliphatic carbocycles. The molecule has 0 bridgehead atoms. The van der Waals surface area contributed by atoms with Gasteiger partial charge < -0.3 is 20.3 Å². The van der Waals surface area contributed by atoms with Crippen molar-refractivity contribution in [2.24, 2.45) is 0 Å². The summed E-state index contributed by atoms with van der Waals surface area (Å²) in [6.45, 7) is 0.0679. The third kappa shape index (κ3) is 4.88. The van der Waals surface area contributed by atoms with E-state index in [1.54, 1.807) is 42.5 Å². The van der Waals surface area contributed by atoms with Crippen molar-refractivity contribution in [2.75, 3.05) is 25.5 Å². The number of carbonyl (C=O) groups excluding carboxylic acids is 4. The Kier molecular flexibility index (Phi) is 6.82. The lowest BCUT2D eigenvalue weighted by atomic mass is 10.1. The van der Waals surface area contributed by atoms with Crippen LogP contribution in [-0.4, -0.2) is 59.6 Å². The number of anilines is 1. The van der Waals surface area contributed by atoms with Gasteiger partial charge in [-0.25, -0.2) is 0 Å². The molecule has 2 aromatic carbocycles. The minimum absolute atomic E-state index is 0.278. The highest BCUT2D eigenvalue weighted by Crippen LogP contribution is 2.20. The second kappa shape index (κ2) is 10.1. The first-order chi connectivity index (χ1) is 16.5. The molecule has 1 aliphatic heterocycles. The van der Waals surface area contributed by atoms with E-state index in [0.717, 1.165) is 0 Å². The van der Waals surface area contributed by atoms with Crippen LogP contribution in [0.3, 0.4) is 0 Å². The van der Waals surface area contributed by atoms with Crippen molar-refractivity contribution >= 4 is 40.1 Å². The van der Waals surface area contributed by atoms with Gasteiger partial charge in [-0.1, -0.05) is 18.2 Å². The summed E-state index contributed by atoms with van der Waals surface area (Å²) in [7, 11) is 1.53. The van der Waals surface area contributed by atoms with Gasteiger partial charge in [0.1, 0.15) is 11.8 Å². The number of fused-ring (bicyclic) bond motifs is 1. The van der Waals surface area contributed by atoms with Gasteiger partial charge >= 0.3 is 0 Å². The van der Waals surface area contributed by atoms with Crippen LogP contribution in [0.2, 0.25) is 0 Å². The lowest BCUT2D eigenvalue weighted by Crippen LogP contribution is -2.48. The zero-order chi connectivity index (χ0) is 24.1. The van der Waals surface area contributed by atoms with E-state index in [-0.39, 0.29) is 6.54 Å². The number of para-hydroxylation sites is 1. The molecule has 1 atom stereocenters. The monoisotopic (exact) mass is 460 g/mol. The molecule has 9 heteroatoms. The summed E-state index contributed by atoms with van der Waals surface area (Å²) in [6.07, 6.45) is 2.53. The van der Waals surface area contributed by atoms with Crippen LogP contribution in [0.1, 0.15) is 23.2 Å². The molecule has 0 radical (unpaired) electrons. The largest absolute Gasteiger partial charge is 0.497 e. The van der Waals surface area contributed by atoms with E-state index >= 15 is 0 Å². The Morgan fingerprint density at radius 3 is 2.59 bits per heavy atom. The minimum Gasteiger partial charge on any atom is -0.497 e. The number of hydrogen-bond donors (Lipinski definition) is 2. The maximum atomic E-state index is 12.8. The first-order valence-electron chi connectivity index (χ1n) is 10.9. The fraction of sp³-hybridized carbons (Fsp3) is 0.240.